The lowest BCUT2D eigenvalue weighted by molar-refractivity contribution is -0.0649. The van der Waals surface area contributed by atoms with E-state index in [2.05, 4.69) is 11.8 Å². The van der Waals surface area contributed by atoms with Crippen LogP contribution in [0.15, 0.2) is 0 Å². The van der Waals surface area contributed by atoms with Crippen molar-refractivity contribution in [3.63, 3.8) is 0 Å². The number of rotatable bonds is 3. The maximum absolute atomic E-state index is 10.1. The van der Waals surface area contributed by atoms with Gasteiger partial charge in [-0.2, -0.15) is 0 Å². The highest BCUT2D eigenvalue weighted by atomic mass is 16.3. The van der Waals surface area contributed by atoms with Gasteiger partial charge >= 0.3 is 0 Å². The lowest BCUT2D eigenvalue weighted by atomic mass is 9.49. The van der Waals surface area contributed by atoms with Crippen molar-refractivity contribution in [2.24, 2.45) is 29.1 Å². The summed E-state index contributed by atoms with van der Waals surface area (Å²) in [4.78, 5) is 2.54. The van der Waals surface area contributed by atoms with Crippen LogP contribution in [0.5, 0.6) is 0 Å². The number of hydrogen-bond acceptors (Lipinski definition) is 2. The number of aliphatic hydroxyl groups is 1. The van der Waals surface area contributed by atoms with E-state index in [-0.39, 0.29) is 6.10 Å². The quantitative estimate of drug-likeness (QED) is 0.855. The van der Waals surface area contributed by atoms with Crippen molar-refractivity contribution in [2.75, 3.05) is 19.6 Å². The fourth-order valence-corrected chi connectivity index (χ4v) is 6.31. The predicted molar refractivity (Wildman–Crippen MR) is 81.4 cm³/mol. The van der Waals surface area contributed by atoms with Gasteiger partial charge in [0.1, 0.15) is 0 Å². The highest BCUT2D eigenvalue weighted by Crippen LogP contribution is 2.61. The second-order valence-electron chi connectivity index (χ2n) is 8.80. The molecule has 4 bridgehead atoms. The van der Waals surface area contributed by atoms with Gasteiger partial charge in [-0.15, -0.1) is 0 Å². The SMILES string of the molecule is CC1CCN(CCC23CC4CC(CC(C4)C2)C3)CC1O. The minimum Gasteiger partial charge on any atom is -0.392 e. The van der Waals surface area contributed by atoms with E-state index in [1.807, 2.05) is 0 Å². The maximum atomic E-state index is 10.1. The topological polar surface area (TPSA) is 23.5 Å². The van der Waals surface area contributed by atoms with E-state index in [9.17, 15) is 5.11 Å². The highest BCUT2D eigenvalue weighted by Gasteiger charge is 2.50. The van der Waals surface area contributed by atoms with Gasteiger partial charge < -0.3 is 10.0 Å². The highest BCUT2D eigenvalue weighted by molar-refractivity contribution is 5.01. The van der Waals surface area contributed by atoms with Crippen molar-refractivity contribution in [2.45, 2.75) is 64.4 Å². The number of aliphatic hydroxyl groups excluding tert-OH is 1. The maximum Gasteiger partial charge on any atom is 0.0693 e. The zero-order valence-electron chi connectivity index (χ0n) is 13.1. The summed E-state index contributed by atoms with van der Waals surface area (Å²) < 4.78 is 0. The summed E-state index contributed by atoms with van der Waals surface area (Å²) in [5.74, 6) is 3.74. The summed E-state index contributed by atoms with van der Waals surface area (Å²) in [6.07, 6.45) is 11.8. The second-order valence-corrected chi connectivity index (χ2v) is 8.80. The molecule has 4 saturated carbocycles. The molecule has 1 heterocycles. The molecule has 0 aromatic carbocycles. The standard InChI is InChI=1S/C18H31NO/c1-13-2-4-19(12-17(13)20)5-3-18-9-14-6-15(10-18)8-16(7-14)11-18/h13-17,20H,2-12H2,1H3. The zero-order valence-corrected chi connectivity index (χ0v) is 13.1. The van der Waals surface area contributed by atoms with Crippen molar-refractivity contribution in [1.82, 2.24) is 4.90 Å². The Morgan fingerprint density at radius 2 is 1.65 bits per heavy atom. The number of β-amino-alcohol motifs (C(OH)–C–C–N with tert-alkyl or cyclic N) is 1. The molecule has 20 heavy (non-hydrogen) atoms. The molecule has 2 unspecified atom stereocenters. The largest absolute Gasteiger partial charge is 0.392 e. The molecule has 1 aliphatic heterocycles. The third-order valence-corrected chi connectivity index (χ3v) is 7.13. The lowest BCUT2D eigenvalue weighted by Gasteiger charge is -2.57. The number of likely N-dealkylation sites (tertiary alicyclic amines) is 1. The molecule has 5 fully saturated rings. The molecule has 0 spiro atoms. The third kappa shape index (κ3) is 2.43. The van der Waals surface area contributed by atoms with Gasteiger partial charge in [-0.25, -0.2) is 0 Å². The van der Waals surface area contributed by atoms with Crippen LogP contribution in [0.25, 0.3) is 0 Å². The Labute approximate surface area is 123 Å². The Hall–Kier alpha value is -0.0800. The second kappa shape index (κ2) is 4.98. The molecule has 0 aromatic rings. The fraction of sp³-hybridized carbons (Fsp3) is 1.00. The normalized spacial score (nSPS) is 51.6. The lowest BCUT2D eigenvalue weighted by Crippen LogP contribution is -2.49. The van der Waals surface area contributed by atoms with Gasteiger partial charge in [0, 0.05) is 6.54 Å². The van der Waals surface area contributed by atoms with E-state index in [0.717, 1.165) is 24.3 Å². The van der Waals surface area contributed by atoms with Crippen molar-refractivity contribution < 1.29 is 5.11 Å². The van der Waals surface area contributed by atoms with Crippen LogP contribution in [0.3, 0.4) is 0 Å². The van der Waals surface area contributed by atoms with Crippen molar-refractivity contribution in [1.29, 1.82) is 0 Å². The van der Waals surface area contributed by atoms with Crippen LogP contribution in [0, 0.1) is 29.1 Å². The molecule has 0 aromatic heterocycles. The summed E-state index contributed by atoms with van der Waals surface area (Å²) in [6.45, 7) is 5.58. The molecule has 2 atom stereocenters. The molecule has 0 amide bonds. The van der Waals surface area contributed by atoms with Gasteiger partial charge in [0.05, 0.1) is 6.10 Å². The summed E-state index contributed by atoms with van der Waals surface area (Å²) in [7, 11) is 0. The molecule has 5 rings (SSSR count). The van der Waals surface area contributed by atoms with E-state index in [0.29, 0.717) is 11.3 Å². The Bertz CT molecular complexity index is 331. The average molecular weight is 277 g/mol. The van der Waals surface area contributed by atoms with E-state index >= 15 is 0 Å². The van der Waals surface area contributed by atoms with E-state index in [4.69, 9.17) is 0 Å². The molecular formula is C18H31NO. The molecule has 1 saturated heterocycles. The number of piperidine rings is 1. The van der Waals surface area contributed by atoms with Gasteiger partial charge in [0.15, 0.2) is 0 Å². The zero-order chi connectivity index (χ0) is 13.7. The van der Waals surface area contributed by atoms with Crippen LogP contribution in [0.4, 0.5) is 0 Å². The van der Waals surface area contributed by atoms with Gasteiger partial charge in [-0.3, -0.25) is 0 Å². The molecule has 5 aliphatic rings. The molecule has 1 N–H and O–H groups in total. The summed E-state index contributed by atoms with van der Waals surface area (Å²) >= 11 is 0. The molecular weight excluding hydrogens is 246 g/mol. The van der Waals surface area contributed by atoms with Gasteiger partial charge in [0.2, 0.25) is 0 Å². The summed E-state index contributed by atoms with van der Waals surface area (Å²) in [5.41, 5.74) is 0.711. The monoisotopic (exact) mass is 277 g/mol. The van der Waals surface area contributed by atoms with E-state index < -0.39 is 0 Å². The third-order valence-electron chi connectivity index (χ3n) is 7.13. The number of nitrogens with zero attached hydrogens (tertiary/aromatic N) is 1. The van der Waals surface area contributed by atoms with Crippen molar-refractivity contribution in [3.8, 4) is 0 Å². The van der Waals surface area contributed by atoms with Gasteiger partial charge in [-0.1, -0.05) is 6.92 Å². The van der Waals surface area contributed by atoms with E-state index in [1.54, 1.807) is 19.3 Å². The minimum absolute atomic E-state index is 0.0832. The van der Waals surface area contributed by atoms with Gasteiger partial charge in [0.25, 0.3) is 0 Å². The molecule has 114 valence electrons. The molecule has 4 aliphatic carbocycles. The van der Waals surface area contributed by atoms with Crippen LogP contribution in [-0.2, 0) is 0 Å². The van der Waals surface area contributed by atoms with Crippen LogP contribution in [0.1, 0.15) is 58.3 Å². The van der Waals surface area contributed by atoms with Crippen molar-refractivity contribution in [3.05, 3.63) is 0 Å². The predicted octanol–water partition coefficient (Wildman–Crippen LogP) is 3.30. The fourth-order valence-electron chi connectivity index (χ4n) is 6.31. The van der Waals surface area contributed by atoms with Gasteiger partial charge in [-0.05, 0) is 93.5 Å². The molecule has 2 heteroatoms. The van der Waals surface area contributed by atoms with Crippen LogP contribution in [0.2, 0.25) is 0 Å². The molecule has 2 nitrogen and oxygen atoms in total. The molecule has 0 radical (unpaired) electrons. The van der Waals surface area contributed by atoms with E-state index in [1.165, 1.54) is 45.2 Å². The van der Waals surface area contributed by atoms with Crippen LogP contribution < -0.4 is 0 Å². The first-order valence-electron chi connectivity index (χ1n) is 9.02. The minimum atomic E-state index is -0.0832. The van der Waals surface area contributed by atoms with Crippen LogP contribution in [-0.4, -0.2) is 35.7 Å². The smallest absolute Gasteiger partial charge is 0.0693 e. The summed E-state index contributed by atoms with van der Waals surface area (Å²) in [5, 5.41) is 10.1. The first-order chi connectivity index (χ1) is 9.62. The average Bonchev–Trinajstić information content (AvgIpc) is 2.39. The Morgan fingerprint density at radius 3 is 2.20 bits per heavy atom. The Balaban J connectivity index is 1.35. The van der Waals surface area contributed by atoms with Crippen molar-refractivity contribution >= 4 is 0 Å². The first kappa shape index (κ1) is 13.6. The Morgan fingerprint density at radius 1 is 1.05 bits per heavy atom. The first-order valence-corrected chi connectivity index (χ1v) is 9.02. The van der Waals surface area contributed by atoms with Crippen LogP contribution >= 0.6 is 0 Å². The number of hydrogen-bond donors (Lipinski definition) is 1. The Kier molecular flexibility index (Phi) is 3.38. The summed E-state index contributed by atoms with van der Waals surface area (Å²) in [6, 6.07) is 0.